The lowest BCUT2D eigenvalue weighted by Gasteiger charge is -2.49. The van der Waals surface area contributed by atoms with Crippen molar-refractivity contribution in [1.82, 2.24) is 14.7 Å². The molecule has 3 saturated carbocycles. The molecule has 0 bridgehead atoms. The number of halogens is 1. The lowest BCUT2D eigenvalue weighted by Crippen LogP contribution is -3.00. The van der Waals surface area contributed by atoms with Gasteiger partial charge in [0.2, 0.25) is 50.8 Å². The SMILES string of the molecule is CN(C)c1c2c(c(O)c([N+]#N)c1C(N)=O)C(O)=C1C(=O)C3(O)C(O)=CC(=O)C(N(C)C)C3CC1C2.CN(C)c1c2c(c(O)c([N+]#N)c1C(N)=O)C(O)=C1C(=O)C3(O)C(O)=CC(=O)C(N(C)C)C3CC1C2.CN(C)c1c2c(c(O)c([N+]#N)c1C(N)=O)C(O)=C1C(=O)C3(O)C(O)=CC(=O)C(N(C)C)C3CC1C2.O=S(=O)([O-])[O-].[Cl-]. The van der Waals surface area contributed by atoms with Crippen LogP contribution < -0.4 is 44.3 Å². The maximum absolute atomic E-state index is 13.6. The van der Waals surface area contributed by atoms with Gasteiger partial charge in [0.25, 0.3) is 17.7 Å². The molecule has 0 saturated heterocycles. The number of aliphatic hydroxyl groups is 9. The van der Waals surface area contributed by atoms with E-state index in [0.29, 0.717) is 0 Å². The molecular formula is C69H78ClN15O25S. The average molecular weight is 1580 g/mol. The fourth-order valence-electron chi connectivity index (χ4n) is 17.6. The number of phenolic OH excluding ortho intramolecular Hbond substituents is 3. The molecule has 42 heteroatoms. The summed E-state index contributed by atoms with van der Waals surface area (Å²) in [6.45, 7) is 0. The van der Waals surface area contributed by atoms with Gasteiger partial charge in [-0.25, -0.2) is 0 Å². The van der Waals surface area contributed by atoms with Crippen molar-refractivity contribution < 1.29 is 134 Å². The Hall–Kier alpha value is -11.7. The number of carbonyl (C=O) groups is 9. The number of ketones is 6. The maximum Gasteiger partial charge on any atom is 0.441 e. The van der Waals surface area contributed by atoms with Gasteiger partial charge < -0.3 is 115 Å². The number of carbonyl (C=O) groups excluding carboxylic acids is 9. The molecule has 3 aromatic carbocycles. The van der Waals surface area contributed by atoms with Crippen LogP contribution in [0.1, 0.15) is 83.7 Å². The third-order valence-electron chi connectivity index (χ3n) is 21.7. The van der Waals surface area contributed by atoms with E-state index >= 15 is 0 Å². The summed E-state index contributed by atoms with van der Waals surface area (Å²) in [5.74, 6) is -19.4. The fourth-order valence-corrected chi connectivity index (χ4v) is 17.6. The van der Waals surface area contributed by atoms with Crippen LogP contribution in [0.2, 0.25) is 0 Å². The van der Waals surface area contributed by atoms with Crippen molar-refractivity contribution in [3.8, 4) is 17.2 Å². The molecule has 3 aromatic rings. The van der Waals surface area contributed by atoms with Crippen LogP contribution in [0.15, 0.2) is 52.2 Å². The number of amides is 3. The third kappa shape index (κ3) is 13.1. The molecule has 111 heavy (non-hydrogen) atoms. The van der Waals surface area contributed by atoms with Gasteiger partial charge in [-0.1, -0.05) is 0 Å². The van der Waals surface area contributed by atoms with E-state index in [1.54, 1.807) is 99.3 Å². The van der Waals surface area contributed by atoms with E-state index in [1.807, 2.05) is 0 Å². The molecule has 0 spiro atoms. The smallest absolute Gasteiger partial charge is 0.441 e. The Bertz CT molecular complexity index is 4680. The van der Waals surface area contributed by atoms with Crippen LogP contribution >= 0.6 is 0 Å². The number of rotatable bonds is 9. The van der Waals surface area contributed by atoms with Crippen LogP contribution in [0.3, 0.4) is 0 Å². The minimum atomic E-state index is -5.17. The standard InChI is InChI=1S/3C23H25N5O7.ClH.H2O4S/c3*1-27(2)17-9-5-8-6-10-18(28(3)4)11(29)7-12(30)23(10,35)21(33)13(8)19(31)14(9)20(32)16(26-25)15(17)22(24)34;;1-5(2,3)4/h3*7-8,10,18,35H,5-6H2,1-4H3,(H4-,24,29,30,31,32,33,34);1H;(H2,1,2,3,4). The minimum absolute atomic E-state index is 0. The van der Waals surface area contributed by atoms with Crippen LogP contribution in [-0.4, -0.2) is 265 Å². The fraction of sp³-hybridized carbons (Fsp3) is 0.435. The number of hydrogen-bond donors (Lipinski definition) is 15. The number of likely N-dealkylation sites (N-methyl/N-ethyl adjacent to an activating group) is 3. The highest BCUT2D eigenvalue weighted by molar-refractivity contribution is 7.79. The minimum Gasteiger partial charge on any atom is -1.00 e. The summed E-state index contributed by atoms with van der Waals surface area (Å²) in [6, 6.07) is -2.74. The predicted octanol–water partition coefficient (Wildman–Crippen LogP) is -2.06. The molecule has 12 rings (SSSR count). The second-order valence-corrected chi connectivity index (χ2v) is 29.9. The van der Waals surface area contributed by atoms with Crippen molar-refractivity contribution >= 4 is 114 Å². The van der Waals surface area contributed by atoms with Crippen molar-refractivity contribution in [3.05, 3.63) is 117 Å². The summed E-state index contributed by atoms with van der Waals surface area (Å²) in [5, 5.41) is 161. The number of nitrogens with two attached hydrogens (primary N) is 3. The Morgan fingerprint density at radius 2 is 0.631 bits per heavy atom. The Morgan fingerprint density at radius 1 is 0.432 bits per heavy atom. The highest BCUT2D eigenvalue weighted by Gasteiger charge is 2.66. The number of anilines is 3. The zero-order chi connectivity index (χ0) is 82.9. The van der Waals surface area contributed by atoms with E-state index in [0.717, 1.165) is 18.2 Å². The Morgan fingerprint density at radius 3 is 0.793 bits per heavy atom. The molecule has 40 nitrogen and oxygen atoms in total. The predicted molar refractivity (Wildman–Crippen MR) is 382 cm³/mol. The Kier molecular flexibility index (Phi) is 22.7. The van der Waals surface area contributed by atoms with Crippen LogP contribution in [0, 0.1) is 51.7 Å². The molecule has 0 heterocycles. The maximum atomic E-state index is 13.6. The summed E-state index contributed by atoms with van der Waals surface area (Å²) in [6.07, 6.45) is 2.61. The average Bonchev–Trinajstić information content (AvgIpc) is 0.710. The highest BCUT2D eigenvalue weighted by atomic mass is 35.5. The molecule has 0 radical (unpaired) electrons. The number of benzene rings is 3. The van der Waals surface area contributed by atoms with Gasteiger partial charge in [-0.15, -0.1) is 0 Å². The normalized spacial score (nSPS) is 26.6. The molecule has 592 valence electrons. The first-order chi connectivity index (χ1) is 50.8. The van der Waals surface area contributed by atoms with Crippen molar-refractivity contribution in [2.45, 2.75) is 73.5 Å². The van der Waals surface area contributed by atoms with E-state index < -0.39 is 202 Å². The van der Waals surface area contributed by atoms with Gasteiger partial charge in [0.05, 0.1) is 51.9 Å². The summed E-state index contributed by atoms with van der Waals surface area (Å²) in [5.41, 5.74) is 6.56. The van der Waals surface area contributed by atoms with Crippen LogP contribution in [0.25, 0.3) is 32.2 Å². The summed E-state index contributed by atoms with van der Waals surface area (Å²) in [4.78, 5) is 134. The Balaban J connectivity index is 0.000000202. The zero-order valence-electron chi connectivity index (χ0n) is 61.2. The highest BCUT2D eigenvalue weighted by Crippen LogP contribution is 2.60. The van der Waals surface area contributed by atoms with E-state index in [1.165, 1.54) is 14.7 Å². The topological polar surface area (TPSA) is 659 Å². The lowest BCUT2D eigenvalue weighted by molar-refractivity contribution is -0.153. The lowest BCUT2D eigenvalue weighted by atomic mass is 9.58. The van der Waals surface area contributed by atoms with Crippen molar-refractivity contribution in [3.63, 3.8) is 0 Å². The first kappa shape index (κ1) is 84.9. The molecule has 3 fully saturated rings. The number of Topliss-reactive ketones (excluding diaryl/α,β-unsaturated/α-hetero) is 3. The summed E-state index contributed by atoms with van der Waals surface area (Å²) < 4.78 is 34.1. The molecule has 9 aliphatic rings. The molecule has 12 atom stereocenters. The first-order valence-corrected chi connectivity index (χ1v) is 34.5. The second-order valence-electron chi connectivity index (χ2n) is 29.1. The third-order valence-corrected chi connectivity index (χ3v) is 21.7. The molecule has 0 aromatic heterocycles. The number of primary amides is 3. The van der Waals surface area contributed by atoms with E-state index in [4.69, 9.17) is 34.7 Å². The molecule has 0 aliphatic heterocycles. The molecule has 9 aliphatic carbocycles. The van der Waals surface area contributed by atoms with Gasteiger partial charge in [-0.3, -0.25) is 66.3 Å². The second kappa shape index (κ2) is 29.6. The van der Waals surface area contributed by atoms with Crippen molar-refractivity contribution in [2.24, 2.45) is 52.7 Å². The molecule has 12 unspecified atom stereocenters. The number of nitrogens with zero attached hydrogens (tertiary/aromatic N) is 12. The largest absolute Gasteiger partial charge is 1.00 e. The number of aliphatic hydroxyl groups excluding tert-OH is 6. The van der Waals surface area contributed by atoms with Crippen molar-refractivity contribution in [1.29, 1.82) is 16.2 Å². The van der Waals surface area contributed by atoms with Gasteiger partial charge in [0.15, 0.2) is 65.8 Å². The monoisotopic (exact) mass is 1580 g/mol. The van der Waals surface area contributed by atoms with Crippen LogP contribution in [0.5, 0.6) is 17.2 Å². The van der Waals surface area contributed by atoms with Gasteiger partial charge in [0.1, 0.15) is 34.6 Å². The number of hydrogen-bond acceptors (Lipinski definition) is 34. The van der Waals surface area contributed by atoms with Crippen LogP contribution in [0.4, 0.5) is 34.1 Å². The molecule has 3 amide bonds. The molecular weight excluding hydrogens is 1510 g/mol. The van der Waals surface area contributed by atoms with E-state index in [9.17, 15) is 121 Å². The van der Waals surface area contributed by atoms with Crippen molar-refractivity contribution in [2.75, 3.05) is 99.3 Å². The Labute approximate surface area is 636 Å². The number of phenols is 3. The molecule has 18 N–H and O–H groups in total. The van der Waals surface area contributed by atoms with Gasteiger partial charge >= 0.3 is 17.1 Å². The summed E-state index contributed by atoms with van der Waals surface area (Å²) >= 11 is 0. The van der Waals surface area contributed by atoms with Crippen LogP contribution in [-0.2, 0) is 58.4 Å². The number of fused-ring (bicyclic) bond motifs is 9. The van der Waals surface area contributed by atoms with Gasteiger partial charge in [-0.05, 0) is 115 Å². The van der Waals surface area contributed by atoms with E-state index in [-0.39, 0.29) is 135 Å². The summed E-state index contributed by atoms with van der Waals surface area (Å²) in [7, 11) is 14.1. The first-order valence-electron chi connectivity index (χ1n) is 33.2. The number of diazo groups is 3. The quantitative estimate of drug-likeness (QED) is 0.0622. The van der Waals surface area contributed by atoms with E-state index in [2.05, 4.69) is 14.9 Å². The van der Waals surface area contributed by atoms with Gasteiger partial charge in [-0.2, -0.15) is 0 Å². The zero-order valence-corrected chi connectivity index (χ0v) is 62.8. The van der Waals surface area contributed by atoms with Gasteiger partial charge in [0, 0.05) is 105 Å². The number of aromatic hydroxyl groups is 3.